The minimum absolute atomic E-state index is 0.0146. The molecule has 0 radical (unpaired) electrons. The standard InChI is InChI=1S/C12H8FN5O/c13-12(9(19)7-4-2-1-3-5-7)17-10(14)8-11(18-12)16-6-15-8/h1-6H,(H2,14,17). The molecule has 7 heteroatoms. The molecule has 0 bridgehead atoms. The predicted molar refractivity (Wildman–Crippen MR) is 69.6 cm³/mol. The van der Waals surface area contributed by atoms with Crippen LogP contribution in [0.4, 0.5) is 4.39 Å². The zero-order valence-electron chi connectivity index (χ0n) is 9.62. The molecule has 0 fully saturated rings. The fraction of sp³-hybridized carbons (Fsp3) is 0.0833. The maximum Gasteiger partial charge on any atom is 0.363 e. The summed E-state index contributed by atoms with van der Waals surface area (Å²) in [7, 11) is 0. The van der Waals surface area contributed by atoms with E-state index in [0.29, 0.717) is 0 Å². The van der Waals surface area contributed by atoms with Crippen LogP contribution in [0.25, 0.3) is 0 Å². The van der Waals surface area contributed by atoms with Gasteiger partial charge >= 0.3 is 5.92 Å². The van der Waals surface area contributed by atoms with Crippen molar-refractivity contribution in [2.45, 2.75) is 5.92 Å². The molecular formula is C12H8FN5O. The Kier molecular flexibility index (Phi) is 2.34. The zero-order valence-corrected chi connectivity index (χ0v) is 9.62. The number of benzene rings is 1. The van der Waals surface area contributed by atoms with Gasteiger partial charge in [-0.2, -0.15) is 14.4 Å². The van der Waals surface area contributed by atoms with Gasteiger partial charge in [0.25, 0.3) is 0 Å². The summed E-state index contributed by atoms with van der Waals surface area (Å²) in [6.07, 6.45) is 1.19. The van der Waals surface area contributed by atoms with Crippen LogP contribution in [0.1, 0.15) is 10.4 Å². The Morgan fingerprint density at radius 3 is 2.68 bits per heavy atom. The lowest BCUT2D eigenvalue weighted by Crippen LogP contribution is -2.42. The molecule has 2 heterocycles. The van der Waals surface area contributed by atoms with Crippen molar-refractivity contribution >= 4 is 29.5 Å². The topological polar surface area (TPSA) is 92.5 Å². The highest BCUT2D eigenvalue weighted by Gasteiger charge is 2.44. The number of hydrogen-bond donors (Lipinski definition) is 1. The fourth-order valence-electron chi connectivity index (χ4n) is 1.78. The van der Waals surface area contributed by atoms with Gasteiger partial charge in [0.15, 0.2) is 17.4 Å². The molecule has 2 aliphatic heterocycles. The second-order valence-electron chi connectivity index (χ2n) is 3.94. The summed E-state index contributed by atoms with van der Waals surface area (Å²) in [5.41, 5.74) is 5.93. The van der Waals surface area contributed by atoms with Gasteiger partial charge in [0.1, 0.15) is 6.34 Å². The summed E-state index contributed by atoms with van der Waals surface area (Å²) in [4.78, 5) is 26.8. The SMILES string of the molecule is NC1=NC(F)(C(=O)c2ccccc2)N=C2N=CN=C12. The summed E-state index contributed by atoms with van der Waals surface area (Å²) in [6, 6.07) is 7.94. The number of ketones is 1. The van der Waals surface area contributed by atoms with Crippen molar-refractivity contribution in [2.75, 3.05) is 0 Å². The molecule has 2 aliphatic rings. The second-order valence-corrected chi connectivity index (χ2v) is 3.94. The van der Waals surface area contributed by atoms with E-state index < -0.39 is 11.7 Å². The second kappa shape index (κ2) is 3.91. The number of nitrogens with zero attached hydrogens (tertiary/aromatic N) is 4. The van der Waals surface area contributed by atoms with E-state index in [9.17, 15) is 9.18 Å². The Hall–Kier alpha value is -2.70. The number of amidine groups is 2. The molecule has 19 heavy (non-hydrogen) atoms. The average Bonchev–Trinajstić information content (AvgIpc) is 2.87. The average molecular weight is 257 g/mol. The lowest BCUT2D eigenvalue weighted by Gasteiger charge is -2.20. The molecule has 0 saturated carbocycles. The molecule has 0 saturated heterocycles. The van der Waals surface area contributed by atoms with Crippen LogP contribution in [0.3, 0.4) is 0 Å². The van der Waals surface area contributed by atoms with Crippen LogP contribution >= 0.6 is 0 Å². The number of hydrogen-bond acceptors (Lipinski definition) is 6. The predicted octanol–water partition coefficient (Wildman–Crippen LogP) is 0.745. The zero-order chi connectivity index (χ0) is 13.5. The number of alkyl halides is 1. The summed E-state index contributed by atoms with van der Waals surface area (Å²) in [5, 5.41) is 0. The van der Waals surface area contributed by atoms with Crippen LogP contribution in [0.2, 0.25) is 0 Å². The van der Waals surface area contributed by atoms with Crippen LogP contribution in [-0.2, 0) is 0 Å². The molecule has 1 atom stereocenters. The van der Waals surface area contributed by atoms with E-state index in [1.807, 2.05) is 0 Å². The highest BCUT2D eigenvalue weighted by molar-refractivity contribution is 6.70. The molecule has 1 aromatic carbocycles. The molecule has 1 aromatic rings. The van der Waals surface area contributed by atoms with Gasteiger partial charge < -0.3 is 5.73 Å². The fourth-order valence-corrected chi connectivity index (χ4v) is 1.78. The number of nitrogens with two attached hydrogens (primary N) is 1. The number of rotatable bonds is 2. The van der Waals surface area contributed by atoms with Crippen LogP contribution in [0.5, 0.6) is 0 Å². The first-order valence-electron chi connectivity index (χ1n) is 5.45. The maximum atomic E-state index is 14.6. The minimum Gasteiger partial charge on any atom is -0.382 e. The van der Waals surface area contributed by atoms with Crippen molar-refractivity contribution in [3.63, 3.8) is 0 Å². The Bertz CT molecular complexity index is 677. The first kappa shape index (κ1) is 11.4. The summed E-state index contributed by atoms with van der Waals surface area (Å²) in [6.45, 7) is 0. The van der Waals surface area contributed by atoms with Gasteiger partial charge in [0.2, 0.25) is 5.78 Å². The van der Waals surface area contributed by atoms with E-state index in [4.69, 9.17) is 5.73 Å². The summed E-state index contributed by atoms with van der Waals surface area (Å²) >= 11 is 0. The van der Waals surface area contributed by atoms with Crippen molar-refractivity contribution in [2.24, 2.45) is 25.7 Å². The normalized spacial score (nSPS) is 24.4. The molecule has 6 nitrogen and oxygen atoms in total. The molecule has 1 unspecified atom stereocenters. The van der Waals surface area contributed by atoms with Gasteiger partial charge in [-0.15, -0.1) is 0 Å². The van der Waals surface area contributed by atoms with E-state index in [1.165, 1.54) is 18.5 Å². The van der Waals surface area contributed by atoms with Crippen LogP contribution in [0, 0.1) is 0 Å². The third kappa shape index (κ3) is 1.75. The van der Waals surface area contributed by atoms with Gasteiger partial charge in [0, 0.05) is 5.56 Å². The smallest absolute Gasteiger partial charge is 0.363 e. The molecule has 0 spiro atoms. The number of aliphatic imine (C=N–C) groups is 4. The third-order valence-electron chi connectivity index (χ3n) is 2.67. The maximum absolute atomic E-state index is 14.6. The molecular weight excluding hydrogens is 249 g/mol. The van der Waals surface area contributed by atoms with Gasteiger partial charge in [-0.25, -0.2) is 9.98 Å². The van der Waals surface area contributed by atoms with Crippen LogP contribution in [0.15, 0.2) is 50.3 Å². The summed E-state index contributed by atoms with van der Waals surface area (Å²) < 4.78 is 14.6. The van der Waals surface area contributed by atoms with Crippen LogP contribution < -0.4 is 5.73 Å². The first-order chi connectivity index (χ1) is 9.10. The van der Waals surface area contributed by atoms with E-state index in [0.717, 1.165) is 0 Å². The molecule has 0 amide bonds. The number of fused-ring (bicyclic) bond motifs is 1. The van der Waals surface area contributed by atoms with Crippen molar-refractivity contribution in [1.82, 2.24) is 0 Å². The molecule has 2 N–H and O–H groups in total. The Morgan fingerprint density at radius 2 is 1.95 bits per heavy atom. The lowest BCUT2D eigenvalue weighted by atomic mass is 10.1. The van der Waals surface area contributed by atoms with Crippen molar-refractivity contribution in [3.8, 4) is 0 Å². The van der Waals surface area contributed by atoms with Gasteiger partial charge in [-0.05, 0) is 0 Å². The molecule has 94 valence electrons. The third-order valence-corrected chi connectivity index (χ3v) is 2.67. The van der Waals surface area contributed by atoms with Crippen molar-refractivity contribution < 1.29 is 9.18 Å². The first-order valence-corrected chi connectivity index (χ1v) is 5.45. The lowest BCUT2D eigenvalue weighted by molar-refractivity contribution is 0.0722. The van der Waals surface area contributed by atoms with Gasteiger partial charge in [-0.1, -0.05) is 30.3 Å². The Labute approximate surface area is 107 Å². The highest BCUT2D eigenvalue weighted by atomic mass is 19.1. The van der Waals surface area contributed by atoms with Crippen LogP contribution in [-0.4, -0.2) is 35.4 Å². The van der Waals surface area contributed by atoms with E-state index in [-0.39, 0.29) is 22.9 Å². The van der Waals surface area contributed by atoms with E-state index >= 15 is 0 Å². The van der Waals surface area contributed by atoms with Gasteiger partial charge in [-0.3, -0.25) is 4.79 Å². The number of halogens is 1. The number of carbonyl (C=O) groups excluding carboxylic acids is 1. The van der Waals surface area contributed by atoms with Gasteiger partial charge in [0.05, 0.1) is 0 Å². The number of Topliss-reactive ketones (excluding diaryl/α,β-unsaturated/α-hetero) is 1. The molecule has 0 aliphatic carbocycles. The Morgan fingerprint density at radius 1 is 1.21 bits per heavy atom. The van der Waals surface area contributed by atoms with E-state index in [2.05, 4.69) is 20.0 Å². The Balaban J connectivity index is 2.05. The minimum atomic E-state index is -2.78. The summed E-state index contributed by atoms with van der Waals surface area (Å²) in [5.74, 6) is -3.86. The van der Waals surface area contributed by atoms with Crippen molar-refractivity contribution in [1.29, 1.82) is 0 Å². The molecule has 0 aromatic heterocycles. The monoisotopic (exact) mass is 257 g/mol. The quantitative estimate of drug-likeness (QED) is 0.625. The highest BCUT2D eigenvalue weighted by Crippen LogP contribution is 2.25. The largest absolute Gasteiger partial charge is 0.382 e. The molecule has 3 rings (SSSR count). The van der Waals surface area contributed by atoms with Crippen molar-refractivity contribution in [3.05, 3.63) is 35.9 Å². The number of carbonyl (C=O) groups is 1. The van der Waals surface area contributed by atoms with E-state index in [1.54, 1.807) is 18.2 Å².